The van der Waals surface area contributed by atoms with Crippen LogP contribution >= 0.6 is 0 Å². The van der Waals surface area contributed by atoms with E-state index in [1.54, 1.807) is 12.1 Å². The lowest BCUT2D eigenvalue weighted by molar-refractivity contribution is 0.629. The molecule has 0 spiro atoms. The van der Waals surface area contributed by atoms with Crippen LogP contribution in [-0.2, 0) is 0 Å². The molecule has 2 rings (SSSR count). The van der Waals surface area contributed by atoms with Crippen LogP contribution in [0.2, 0.25) is 0 Å². The summed E-state index contributed by atoms with van der Waals surface area (Å²) in [5.74, 6) is 0.496. The van der Waals surface area contributed by atoms with E-state index in [-0.39, 0.29) is 5.82 Å². The van der Waals surface area contributed by atoms with Crippen LogP contribution in [-0.4, -0.2) is 16.7 Å². The number of hydrogen-bond donors (Lipinski definition) is 1. The van der Waals surface area contributed by atoms with Crippen LogP contribution in [0.4, 0.5) is 10.2 Å². The monoisotopic (exact) mass is 259 g/mol. The van der Waals surface area contributed by atoms with E-state index in [1.807, 2.05) is 27.7 Å². The predicted molar refractivity (Wildman–Crippen MR) is 75.8 cm³/mol. The van der Waals surface area contributed by atoms with Crippen LogP contribution < -0.4 is 5.32 Å². The predicted octanol–water partition coefficient (Wildman–Crippen LogP) is 3.64. The van der Waals surface area contributed by atoms with Gasteiger partial charge >= 0.3 is 0 Å². The quantitative estimate of drug-likeness (QED) is 0.914. The van der Waals surface area contributed by atoms with Crippen molar-refractivity contribution in [3.05, 3.63) is 40.7 Å². The Hall–Kier alpha value is -1.97. The topological polar surface area (TPSA) is 37.8 Å². The molecule has 0 saturated carbocycles. The van der Waals surface area contributed by atoms with E-state index in [0.29, 0.717) is 11.3 Å². The van der Waals surface area contributed by atoms with Gasteiger partial charge in [0.1, 0.15) is 5.82 Å². The summed E-state index contributed by atoms with van der Waals surface area (Å²) in [6.45, 7) is 8.64. The summed E-state index contributed by atoms with van der Waals surface area (Å²) in [7, 11) is 0. The summed E-state index contributed by atoms with van der Waals surface area (Å²) < 4.78 is 13.9. The molecule has 0 amide bonds. The first-order chi connectivity index (χ1) is 9.04. The highest BCUT2D eigenvalue weighted by atomic mass is 19.1. The lowest BCUT2D eigenvalue weighted by atomic mass is 10.0. The molecule has 0 aliphatic carbocycles. The molecule has 0 aliphatic rings. The summed E-state index contributed by atoms with van der Waals surface area (Å²) in [6.07, 6.45) is 0. The van der Waals surface area contributed by atoms with Crippen molar-refractivity contribution in [2.24, 2.45) is 0 Å². The molecule has 1 N–H and O–H groups in total. The van der Waals surface area contributed by atoms with Gasteiger partial charge in [-0.2, -0.15) is 0 Å². The fraction of sp³-hybridized carbons (Fsp3) is 0.333. The number of aryl methyl sites for hydroxylation is 1. The van der Waals surface area contributed by atoms with E-state index in [9.17, 15) is 4.39 Å². The van der Waals surface area contributed by atoms with Gasteiger partial charge in [0.05, 0.1) is 5.69 Å². The van der Waals surface area contributed by atoms with Gasteiger partial charge in [0.2, 0.25) is 0 Å². The first kappa shape index (κ1) is 13.5. The Balaban J connectivity index is 2.57. The van der Waals surface area contributed by atoms with Crippen LogP contribution in [0.3, 0.4) is 0 Å². The molecule has 0 aliphatic heterocycles. The van der Waals surface area contributed by atoms with Crippen molar-refractivity contribution in [2.45, 2.75) is 27.7 Å². The van der Waals surface area contributed by atoms with Gasteiger partial charge in [0.25, 0.3) is 0 Å². The van der Waals surface area contributed by atoms with Gasteiger partial charge < -0.3 is 5.32 Å². The number of hydrogen-bond acceptors (Lipinski definition) is 3. The minimum atomic E-state index is -0.265. The summed E-state index contributed by atoms with van der Waals surface area (Å²) in [5.41, 5.74) is 4.09. The summed E-state index contributed by atoms with van der Waals surface area (Å²) in [5, 5.41) is 11.5. The van der Waals surface area contributed by atoms with Crippen molar-refractivity contribution in [3.8, 4) is 11.3 Å². The maximum absolute atomic E-state index is 13.9. The molecule has 0 saturated heterocycles. The molecule has 0 bridgehead atoms. The normalized spacial score (nSPS) is 10.6. The molecule has 3 nitrogen and oxygen atoms in total. The van der Waals surface area contributed by atoms with E-state index in [0.717, 1.165) is 29.1 Å². The molecule has 2 aromatic rings. The van der Waals surface area contributed by atoms with E-state index < -0.39 is 0 Å². The maximum atomic E-state index is 13.9. The molecule has 0 radical (unpaired) electrons. The zero-order valence-electron chi connectivity index (χ0n) is 11.7. The second-order valence-corrected chi connectivity index (χ2v) is 4.66. The van der Waals surface area contributed by atoms with Gasteiger partial charge in [0.15, 0.2) is 5.82 Å². The Morgan fingerprint density at radius 2 is 1.84 bits per heavy atom. The van der Waals surface area contributed by atoms with Crippen molar-refractivity contribution >= 4 is 5.82 Å². The van der Waals surface area contributed by atoms with Crippen molar-refractivity contribution < 1.29 is 4.39 Å². The molecule has 0 fully saturated rings. The average molecular weight is 259 g/mol. The molecule has 1 heterocycles. The van der Waals surface area contributed by atoms with Gasteiger partial charge in [-0.1, -0.05) is 11.6 Å². The zero-order valence-corrected chi connectivity index (χ0v) is 11.7. The van der Waals surface area contributed by atoms with Crippen LogP contribution in [0.15, 0.2) is 18.2 Å². The summed E-state index contributed by atoms with van der Waals surface area (Å²) >= 11 is 0. The smallest absolute Gasteiger partial charge is 0.151 e. The van der Waals surface area contributed by atoms with Crippen molar-refractivity contribution in [3.63, 3.8) is 0 Å². The van der Waals surface area contributed by atoms with Crippen molar-refractivity contribution in [1.82, 2.24) is 10.2 Å². The third-order valence-electron chi connectivity index (χ3n) is 3.24. The molecule has 4 heteroatoms. The molecular weight excluding hydrogens is 241 g/mol. The highest BCUT2D eigenvalue weighted by Gasteiger charge is 2.14. The SMILES string of the molecule is CCNc1nnc(-c2cc(C)ccc2F)c(C)c1C. The largest absolute Gasteiger partial charge is 0.369 e. The van der Waals surface area contributed by atoms with Gasteiger partial charge in [-0.25, -0.2) is 4.39 Å². The number of rotatable bonds is 3. The Morgan fingerprint density at radius 3 is 2.53 bits per heavy atom. The molecule has 100 valence electrons. The van der Waals surface area contributed by atoms with Gasteiger partial charge in [0, 0.05) is 12.1 Å². The molecule has 1 aromatic heterocycles. The van der Waals surface area contributed by atoms with Gasteiger partial charge in [-0.3, -0.25) is 0 Å². The van der Waals surface area contributed by atoms with Crippen LogP contribution in [0.1, 0.15) is 23.6 Å². The Morgan fingerprint density at radius 1 is 1.11 bits per heavy atom. The summed E-state index contributed by atoms with van der Waals surface area (Å²) in [6, 6.07) is 5.03. The maximum Gasteiger partial charge on any atom is 0.151 e. The van der Waals surface area contributed by atoms with Crippen LogP contribution in [0.25, 0.3) is 11.3 Å². The lowest BCUT2D eigenvalue weighted by Gasteiger charge is -2.12. The first-order valence-corrected chi connectivity index (χ1v) is 6.38. The van der Waals surface area contributed by atoms with Crippen molar-refractivity contribution in [1.29, 1.82) is 0 Å². The summed E-state index contributed by atoms with van der Waals surface area (Å²) in [4.78, 5) is 0. The number of benzene rings is 1. The van der Waals surface area contributed by atoms with Crippen LogP contribution in [0.5, 0.6) is 0 Å². The molecule has 19 heavy (non-hydrogen) atoms. The average Bonchev–Trinajstić information content (AvgIpc) is 2.39. The van der Waals surface area contributed by atoms with Gasteiger partial charge in [-0.15, -0.1) is 10.2 Å². The Labute approximate surface area is 112 Å². The Kier molecular flexibility index (Phi) is 3.79. The second kappa shape index (κ2) is 5.34. The lowest BCUT2D eigenvalue weighted by Crippen LogP contribution is -2.06. The van der Waals surface area contributed by atoms with E-state index in [1.165, 1.54) is 6.07 Å². The van der Waals surface area contributed by atoms with Gasteiger partial charge in [-0.05, 0) is 51.0 Å². The first-order valence-electron chi connectivity index (χ1n) is 6.38. The number of nitrogens with zero attached hydrogens (tertiary/aromatic N) is 2. The van der Waals surface area contributed by atoms with E-state index in [4.69, 9.17) is 0 Å². The van der Waals surface area contributed by atoms with Crippen LogP contribution in [0, 0.1) is 26.6 Å². The van der Waals surface area contributed by atoms with E-state index in [2.05, 4.69) is 15.5 Å². The molecular formula is C15H18FN3. The second-order valence-electron chi connectivity index (χ2n) is 4.66. The zero-order chi connectivity index (χ0) is 14.0. The minimum absolute atomic E-state index is 0.265. The van der Waals surface area contributed by atoms with E-state index >= 15 is 0 Å². The fourth-order valence-electron chi connectivity index (χ4n) is 2.02. The standard InChI is InChI=1S/C15H18FN3/c1-5-17-15-11(4)10(3)14(18-19-15)12-8-9(2)6-7-13(12)16/h6-8H,5H2,1-4H3,(H,17,19). The number of nitrogens with one attached hydrogen (secondary N) is 1. The van der Waals surface area contributed by atoms with Crippen molar-refractivity contribution in [2.75, 3.05) is 11.9 Å². The number of aromatic nitrogens is 2. The number of halogens is 1. The third-order valence-corrected chi connectivity index (χ3v) is 3.24. The molecule has 0 atom stereocenters. The number of anilines is 1. The highest BCUT2D eigenvalue weighted by molar-refractivity contribution is 5.67. The minimum Gasteiger partial charge on any atom is -0.369 e. The molecule has 0 unspecified atom stereocenters. The third kappa shape index (κ3) is 2.57. The fourth-order valence-corrected chi connectivity index (χ4v) is 2.02. The molecule has 1 aromatic carbocycles. The Bertz CT molecular complexity index is 609. The highest BCUT2D eigenvalue weighted by Crippen LogP contribution is 2.28.